The molecule has 0 atom stereocenters. The largest absolute Gasteiger partial charge is 0.379 e. The number of hydrogen-bond donors (Lipinski definition) is 1. The van der Waals surface area contributed by atoms with Gasteiger partial charge in [0.1, 0.15) is 6.33 Å². The van der Waals surface area contributed by atoms with E-state index in [9.17, 15) is 0 Å². The summed E-state index contributed by atoms with van der Waals surface area (Å²) in [6.45, 7) is 5.26. The number of imidazole rings is 1. The fourth-order valence-electron chi connectivity index (χ4n) is 4.23. The zero-order valence-electron chi connectivity index (χ0n) is 18.1. The first kappa shape index (κ1) is 20.3. The standard InChI is InChI=1S/C25H24N6OS/c1-2-6-18(7-3-1)31-17-27-22-24(26-10-11-30-12-14-32-15-13-30)28-23(29-25(22)31)20-16-33-21-9-5-4-8-19(20)21/h1-9,16-17H,10-15H2,(H,26,28,29). The number of fused-ring (bicyclic) bond motifs is 2. The van der Waals surface area contributed by atoms with Gasteiger partial charge in [-0.3, -0.25) is 9.47 Å². The van der Waals surface area contributed by atoms with Crippen molar-refractivity contribution in [2.45, 2.75) is 0 Å². The SMILES string of the molecule is c1ccc(-n2cnc3c(NCCN4CCOCC4)nc(-c4csc5ccccc45)nc32)cc1. The monoisotopic (exact) mass is 456 g/mol. The summed E-state index contributed by atoms with van der Waals surface area (Å²) in [5.41, 5.74) is 3.66. The summed E-state index contributed by atoms with van der Waals surface area (Å²) in [4.78, 5) is 17.0. The van der Waals surface area contributed by atoms with E-state index in [2.05, 4.69) is 57.0 Å². The quantitative estimate of drug-likeness (QED) is 0.407. The number of rotatable bonds is 6. The normalized spacial score (nSPS) is 14.8. The van der Waals surface area contributed by atoms with Crippen molar-refractivity contribution in [1.82, 2.24) is 24.4 Å². The summed E-state index contributed by atoms with van der Waals surface area (Å²) < 4.78 is 8.73. The molecule has 1 N–H and O–H groups in total. The Balaban J connectivity index is 1.42. The van der Waals surface area contributed by atoms with Crippen LogP contribution in [-0.4, -0.2) is 63.8 Å². The second kappa shape index (κ2) is 8.90. The third kappa shape index (κ3) is 3.97. The van der Waals surface area contributed by atoms with Crippen LogP contribution < -0.4 is 5.32 Å². The van der Waals surface area contributed by atoms with E-state index in [-0.39, 0.29) is 0 Å². The number of hydrogen-bond acceptors (Lipinski definition) is 7. The van der Waals surface area contributed by atoms with Crippen LogP contribution in [0.3, 0.4) is 0 Å². The lowest BCUT2D eigenvalue weighted by Crippen LogP contribution is -2.39. The summed E-state index contributed by atoms with van der Waals surface area (Å²) >= 11 is 1.72. The molecule has 8 heteroatoms. The molecule has 0 aliphatic carbocycles. The van der Waals surface area contributed by atoms with Gasteiger partial charge in [0.25, 0.3) is 0 Å². The van der Waals surface area contributed by atoms with Gasteiger partial charge in [-0.25, -0.2) is 15.0 Å². The van der Waals surface area contributed by atoms with E-state index in [1.54, 1.807) is 11.3 Å². The molecule has 0 spiro atoms. The molecule has 1 aliphatic rings. The molecule has 4 heterocycles. The number of ether oxygens (including phenoxy) is 1. The minimum Gasteiger partial charge on any atom is -0.379 e. The highest BCUT2D eigenvalue weighted by Crippen LogP contribution is 2.34. The van der Waals surface area contributed by atoms with Crippen LogP contribution in [0.4, 0.5) is 5.82 Å². The first-order valence-electron chi connectivity index (χ1n) is 11.2. The summed E-state index contributed by atoms with van der Waals surface area (Å²) in [5.74, 6) is 1.49. The van der Waals surface area contributed by atoms with Crippen LogP contribution >= 0.6 is 11.3 Å². The number of nitrogens with zero attached hydrogens (tertiary/aromatic N) is 5. The van der Waals surface area contributed by atoms with Crippen molar-refractivity contribution in [1.29, 1.82) is 0 Å². The molecule has 6 rings (SSSR count). The van der Waals surface area contributed by atoms with Crippen LogP contribution in [0.5, 0.6) is 0 Å². The minimum absolute atomic E-state index is 0.714. The molecular formula is C25H24N6OS. The van der Waals surface area contributed by atoms with Crippen molar-refractivity contribution in [3.63, 3.8) is 0 Å². The number of thiophene rings is 1. The van der Waals surface area contributed by atoms with E-state index < -0.39 is 0 Å². The second-order valence-electron chi connectivity index (χ2n) is 8.04. The number of para-hydroxylation sites is 1. The van der Waals surface area contributed by atoms with E-state index in [4.69, 9.17) is 14.7 Å². The van der Waals surface area contributed by atoms with Crippen LogP contribution in [0.15, 0.2) is 66.3 Å². The summed E-state index contributed by atoms with van der Waals surface area (Å²) in [7, 11) is 0. The number of aromatic nitrogens is 4. The van der Waals surface area contributed by atoms with Crippen molar-refractivity contribution < 1.29 is 4.74 Å². The van der Waals surface area contributed by atoms with E-state index in [0.29, 0.717) is 5.82 Å². The summed E-state index contributed by atoms with van der Waals surface area (Å²) in [6.07, 6.45) is 1.83. The molecule has 0 radical (unpaired) electrons. The highest BCUT2D eigenvalue weighted by molar-refractivity contribution is 7.17. The minimum atomic E-state index is 0.714. The molecular weight excluding hydrogens is 432 g/mol. The topological polar surface area (TPSA) is 68.1 Å². The van der Waals surface area contributed by atoms with Crippen LogP contribution in [0, 0.1) is 0 Å². The molecule has 1 aliphatic heterocycles. The van der Waals surface area contributed by atoms with Gasteiger partial charge in [0, 0.05) is 52.9 Å². The number of nitrogens with one attached hydrogen (secondary N) is 1. The molecule has 3 aromatic heterocycles. The Morgan fingerprint density at radius 1 is 0.970 bits per heavy atom. The molecule has 0 bridgehead atoms. The number of anilines is 1. The van der Waals surface area contributed by atoms with Gasteiger partial charge in [0.05, 0.1) is 13.2 Å². The van der Waals surface area contributed by atoms with Crippen molar-refractivity contribution in [3.8, 4) is 17.1 Å². The lowest BCUT2D eigenvalue weighted by Gasteiger charge is -2.26. The van der Waals surface area contributed by atoms with Crippen molar-refractivity contribution in [2.24, 2.45) is 0 Å². The summed E-state index contributed by atoms with van der Waals surface area (Å²) in [5, 5.41) is 6.86. The van der Waals surface area contributed by atoms with Crippen LogP contribution in [0.2, 0.25) is 0 Å². The van der Waals surface area contributed by atoms with Crippen molar-refractivity contribution >= 4 is 38.4 Å². The Hall–Kier alpha value is -3.33. The van der Waals surface area contributed by atoms with Crippen molar-refractivity contribution in [2.75, 3.05) is 44.7 Å². The molecule has 166 valence electrons. The maximum absolute atomic E-state index is 5.46. The van der Waals surface area contributed by atoms with E-state index in [0.717, 1.165) is 67.6 Å². The highest BCUT2D eigenvalue weighted by Gasteiger charge is 2.18. The Labute approximate surface area is 195 Å². The van der Waals surface area contributed by atoms with E-state index in [1.165, 1.54) is 10.1 Å². The van der Waals surface area contributed by atoms with Crippen molar-refractivity contribution in [3.05, 3.63) is 66.3 Å². The number of benzene rings is 2. The average molecular weight is 457 g/mol. The Kier molecular flexibility index (Phi) is 5.47. The van der Waals surface area contributed by atoms with Gasteiger partial charge in [-0.05, 0) is 18.2 Å². The Morgan fingerprint density at radius 3 is 2.67 bits per heavy atom. The zero-order valence-corrected chi connectivity index (χ0v) is 19.0. The maximum atomic E-state index is 5.46. The predicted octanol–water partition coefficient (Wildman–Crippen LogP) is 4.44. The Bertz CT molecular complexity index is 1390. The average Bonchev–Trinajstić information content (AvgIpc) is 3.50. The molecule has 1 fully saturated rings. The molecule has 2 aromatic carbocycles. The third-order valence-electron chi connectivity index (χ3n) is 5.98. The molecule has 7 nitrogen and oxygen atoms in total. The van der Waals surface area contributed by atoms with Gasteiger partial charge < -0.3 is 10.1 Å². The third-order valence-corrected chi connectivity index (χ3v) is 6.94. The fraction of sp³-hybridized carbons (Fsp3) is 0.240. The maximum Gasteiger partial charge on any atom is 0.170 e. The lowest BCUT2D eigenvalue weighted by molar-refractivity contribution is 0.0398. The molecule has 5 aromatic rings. The predicted molar refractivity (Wildman–Crippen MR) is 133 cm³/mol. The smallest absolute Gasteiger partial charge is 0.170 e. The first-order chi connectivity index (χ1) is 16.4. The molecule has 0 unspecified atom stereocenters. The molecule has 0 saturated carbocycles. The van der Waals surface area contributed by atoms with Gasteiger partial charge in [-0.15, -0.1) is 11.3 Å². The number of morpholine rings is 1. The van der Waals surface area contributed by atoms with Crippen LogP contribution in [0.25, 0.3) is 38.3 Å². The van der Waals surface area contributed by atoms with Crippen LogP contribution in [-0.2, 0) is 4.74 Å². The van der Waals surface area contributed by atoms with Gasteiger partial charge in [0.15, 0.2) is 22.8 Å². The van der Waals surface area contributed by atoms with E-state index in [1.807, 2.05) is 29.1 Å². The molecule has 0 amide bonds. The summed E-state index contributed by atoms with van der Waals surface area (Å²) in [6, 6.07) is 18.6. The zero-order chi connectivity index (χ0) is 22.0. The van der Waals surface area contributed by atoms with Gasteiger partial charge in [-0.2, -0.15) is 0 Å². The van der Waals surface area contributed by atoms with Gasteiger partial charge in [0.2, 0.25) is 0 Å². The van der Waals surface area contributed by atoms with Crippen LogP contribution in [0.1, 0.15) is 0 Å². The molecule has 33 heavy (non-hydrogen) atoms. The lowest BCUT2D eigenvalue weighted by atomic mass is 10.1. The van der Waals surface area contributed by atoms with Gasteiger partial charge in [-0.1, -0.05) is 36.4 Å². The Morgan fingerprint density at radius 2 is 1.79 bits per heavy atom. The first-order valence-corrected chi connectivity index (χ1v) is 12.1. The fourth-order valence-corrected chi connectivity index (χ4v) is 5.17. The molecule has 1 saturated heterocycles. The highest BCUT2D eigenvalue weighted by atomic mass is 32.1. The second-order valence-corrected chi connectivity index (χ2v) is 8.96. The van der Waals surface area contributed by atoms with Gasteiger partial charge >= 0.3 is 0 Å². The van der Waals surface area contributed by atoms with E-state index >= 15 is 0 Å².